The van der Waals surface area contributed by atoms with Gasteiger partial charge in [0.25, 0.3) is 0 Å². The Bertz CT molecular complexity index is 207. The molecular weight excluding hydrogens is 180 g/mol. The van der Waals surface area contributed by atoms with Crippen LogP contribution in [0.15, 0.2) is 0 Å². The minimum atomic E-state index is -0.199. The van der Waals surface area contributed by atoms with Gasteiger partial charge in [-0.2, -0.15) is 0 Å². The molecule has 0 aromatic rings. The molecule has 3 fully saturated rings. The molecule has 0 aromatic heterocycles. The molecule has 3 rings (SSSR count). The van der Waals surface area contributed by atoms with Gasteiger partial charge >= 0.3 is 0 Å². The van der Waals surface area contributed by atoms with Crippen LogP contribution in [0.3, 0.4) is 0 Å². The highest BCUT2D eigenvalue weighted by molar-refractivity contribution is 5.01. The van der Waals surface area contributed by atoms with Crippen molar-refractivity contribution in [2.24, 2.45) is 11.8 Å². The van der Waals surface area contributed by atoms with Crippen LogP contribution < -0.4 is 0 Å². The van der Waals surface area contributed by atoms with E-state index in [1.165, 1.54) is 12.8 Å². The molecule has 0 N–H and O–H groups in total. The summed E-state index contributed by atoms with van der Waals surface area (Å²) in [5, 5.41) is 0. The number of ether oxygens (including phenoxy) is 3. The third-order valence-corrected chi connectivity index (χ3v) is 4.17. The maximum atomic E-state index is 5.88. The van der Waals surface area contributed by atoms with E-state index >= 15 is 0 Å². The molecule has 2 aliphatic carbocycles. The van der Waals surface area contributed by atoms with Gasteiger partial charge in [0.15, 0.2) is 5.79 Å². The van der Waals surface area contributed by atoms with Crippen molar-refractivity contribution in [2.75, 3.05) is 20.3 Å². The summed E-state index contributed by atoms with van der Waals surface area (Å²) in [6, 6.07) is 0. The molecule has 80 valence electrons. The van der Waals surface area contributed by atoms with Gasteiger partial charge < -0.3 is 14.2 Å². The summed E-state index contributed by atoms with van der Waals surface area (Å²) in [5.41, 5.74) is 0. The molecule has 2 saturated carbocycles. The van der Waals surface area contributed by atoms with Gasteiger partial charge in [-0.3, -0.25) is 0 Å². The van der Waals surface area contributed by atoms with Crippen LogP contribution in [0.4, 0.5) is 0 Å². The number of methoxy groups -OCH3 is 1. The Morgan fingerprint density at radius 2 is 1.64 bits per heavy atom. The van der Waals surface area contributed by atoms with Crippen molar-refractivity contribution in [3.8, 4) is 0 Å². The monoisotopic (exact) mass is 198 g/mol. The largest absolute Gasteiger partial charge is 0.381 e. The smallest absolute Gasteiger partial charge is 0.174 e. The Labute approximate surface area is 84.7 Å². The van der Waals surface area contributed by atoms with Crippen molar-refractivity contribution in [1.29, 1.82) is 0 Å². The zero-order chi connectivity index (χ0) is 9.60. The Morgan fingerprint density at radius 3 is 2.14 bits per heavy atom. The zero-order valence-corrected chi connectivity index (χ0v) is 8.70. The fourth-order valence-corrected chi connectivity index (χ4v) is 3.54. The predicted molar refractivity (Wildman–Crippen MR) is 50.9 cm³/mol. The highest BCUT2D eigenvalue weighted by Gasteiger charge is 2.58. The van der Waals surface area contributed by atoms with Gasteiger partial charge in [0.05, 0.1) is 19.3 Å². The van der Waals surface area contributed by atoms with E-state index in [-0.39, 0.29) is 5.79 Å². The van der Waals surface area contributed by atoms with E-state index in [2.05, 4.69) is 0 Å². The summed E-state index contributed by atoms with van der Waals surface area (Å²) in [6.07, 6.45) is 5.18. The topological polar surface area (TPSA) is 27.7 Å². The molecule has 3 nitrogen and oxygen atoms in total. The molecule has 1 unspecified atom stereocenters. The molecule has 0 radical (unpaired) electrons. The van der Waals surface area contributed by atoms with Crippen molar-refractivity contribution >= 4 is 0 Å². The first-order valence-electron chi connectivity index (χ1n) is 5.66. The molecule has 1 aliphatic heterocycles. The van der Waals surface area contributed by atoms with Crippen molar-refractivity contribution in [2.45, 2.75) is 37.6 Å². The Hall–Kier alpha value is -0.120. The highest BCUT2D eigenvalue weighted by atomic mass is 16.7. The molecule has 0 amide bonds. The summed E-state index contributed by atoms with van der Waals surface area (Å²) in [6.45, 7) is 1.56. The fourth-order valence-electron chi connectivity index (χ4n) is 3.54. The van der Waals surface area contributed by atoms with Gasteiger partial charge in [-0.05, 0) is 25.7 Å². The molecule has 3 atom stereocenters. The summed E-state index contributed by atoms with van der Waals surface area (Å²) < 4.78 is 17.2. The summed E-state index contributed by atoms with van der Waals surface area (Å²) in [7, 11) is 1.82. The van der Waals surface area contributed by atoms with Crippen molar-refractivity contribution in [1.82, 2.24) is 0 Å². The third kappa shape index (κ3) is 1.09. The van der Waals surface area contributed by atoms with Crippen LogP contribution in [0, 0.1) is 11.8 Å². The first-order chi connectivity index (χ1) is 6.85. The van der Waals surface area contributed by atoms with E-state index in [9.17, 15) is 0 Å². The van der Waals surface area contributed by atoms with Crippen LogP contribution in [0.1, 0.15) is 25.7 Å². The van der Waals surface area contributed by atoms with Gasteiger partial charge in [-0.1, -0.05) is 0 Å². The Morgan fingerprint density at radius 1 is 1.07 bits per heavy atom. The van der Waals surface area contributed by atoms with Gasteiger partial charge in [0, 0.05) is 18.9 Å². The Kier molecular flexibility index (Phi) is 2.08. The lowest BCUT2D eigenvalue weighted by Crippen LogP contribution is -2.47. The van der Waals surface area contributed by atoms with E-state index in [4.69, 9.17) is 14.2 Å². The first kappa shape index (κ1) is 9.13. The molecule has 3 aliphatic rings. The molecule has 1 saturated heterocycles. The van der Waals surface area contributed by atoms with Crippen LogP contribution in [0.25, 0.3) is 0 Å². The minimum Gasteiger partial charge on any atom is -0.381 e. The SMILES string of the molecule is COC1C[C@H]2CC[C@@H](C1)C21OCCO1. The highest BCUT2D eigenvalue weighted by Crippen LogP contribution is 2.54. The minimum absolute atomic E-state index is 0.199. The van der Waals surface area contributed by atoms with Gasteiger partial charge in [0.2, 0.25) is 0 Å². The number of hydrogen-bond donors (Lipinski definition) is 0. The number of hydrogen-bond acceptors (Lipinski definition) is 3. The zero-order valence-electron chi connectivity index (χ0n) is 8.70. The molecule has 1 spiro atoms. The third-order valence-electron chi connectivity index (χ3n) is 4.17. The van der Waals surface area contributed by atoms with Gasteiger partial charge in [-0.15, -0.1) is 0 Å². The van der Waals surface area contributed by atoms with Crippen molar-refractivity contribution in [3.05, 3.63) is 0 Å². The molecular formula is C11H18O3. The second kappa shape index (κ2) is 3.19. The van der Waals surface area contributed by atoms with Gasteiger partial charge in [0.1, 0.15) is 0 Å². The second-order valence-electron chi connectivity index (χ2n) is 4.72. The lowest BCUT2D eigenvalue weighted by Gasteiger charge is -2.41. The quantitative estimate of drug-likeness (QED) is 0.640. The molecule has 0 aromatic carbocycles. The van der Waals surface area contributed by atoms with E-state index in [1.54, 1.807) is 0 Å². The van der Waals surface area contributed by atoms with E-state index < -0.39 is 0 Å². The van der Waals surface area contributed by atoms with Crippen LogP contribution >= 0.6 is 0 Å². The second-order valence-corrected chi connectivity index (χ2v) is 4.72. The van der Waals surface area contributed by atoms with Crippen molar-refractivity contribution < 1.29 is 14.2 Å². The molecule has 2 bridgehead atoms. The Balaban J connectivity index is 1.83. The summed E-state index contributed by atoms with van der Waals surface area (Å²) in [5.74, 6) is 0.956. The van der Waals surface area contributed by atoms with Crippen LogP contribution in [0.2, 0.25) is 0 Å². The van der Waals surface area contributed by atoms with Crippen LogP contribution in [-0.2, 0) is 14.2 Å². The van der Waals surface area contributed by atoms with E-state index in [0.717, 1.165) is 26.1 Å². The average Bonchev–Trinajstić information content (AvgIpc) is 2.73. The van der Waals surface area contributed by atoms with Crippen molar-refractivity contribution in [3.63, 3.8) is 0 Å². The van der Waals surface area contributed by atoms with Crippen LogP contribution in [-0.4, -0.2) is 32.2 Å². The average molecular weight is 198 g/mol. The molecule has 1 heterocycles. The first-order valence-corrected chi connectivity index (χ1v) is 5.66. The van der Waals surface area contributed by atoms with E-state index in [0.29, 0.717) is 17.9 Å². The molecule has 14 heavy (non-hydrogen) atoms. The predicted octanol–water partition coefficient (Wildman–Crippen LogP) is 1.56. The number of rotatable bonds is 1. The van der Waals surface area contributed by atoms with Crippen LogP contribution in [0.5, 0.6) is 0 Å². The lowest BCUT2D eigenvalue weighted by atomic mass is 9.81. The fraction of sp³-hybridized carbons (Fsp3) is 1.00. The maximum absolute atomic E-state index is 5.88. The summed E-state index contributed by atoms with van der Waals surface area (Å²) >= 11 is 0. The molecule has 3 heteroatoms. The van der Waals surface area contributed by atoms with E-state index in [1.807, 2.05) is 7.11 Å². The normalized spacial score (nSPS) is 44.8. The van der Waals surface area contributed by atoms with Gasteiger partial charge in [-0.25, -0.2) is 0 Å². The standard InChI is InChI=1S/C11H18O3/c1-12-10-6-8-2-3-9(7-10)11(8)13-4-5-14-11/h8-10H,2-7H2,1H3/t8-,9+,10?. The maximum Gasteiger partial charge on any atom is 0.174 e. The lowest BCUT2D eigenvalue weighted by molar-refractivity contribution is -0.235. The summed E-state index contributed by atoms with van der Waals surface area (Å²) in [4.78, 5) is 0.